The predicted molar refractivity (Wildman–Crippen MR) is 192 cm³/mol. The van der Waals surface area contributed by atoms with Gasteiger partial charge >= 0.3 is 0 Å². The fourth-order valence-corrected chi connectivity index (χ4v) is 7.20. The van der Waals surface area contributed by atoms with Crippen molar-refractivity contribution < 1.29 is 27.8 Å². The summed E-state index contributed by atoms with van der Waals surface area (Å²) in [7, 11) is 1.66. The summed E-state index contributed by atoms with van der Waals surface area (Å²) < 4.78 is 49.7. The lowest BCUT2D eigenvalue weighted by Gasteiger charge is -2.27. The summed E-state index contributed by atoms with van der Waals surface area (Å²) in [5.74, 6) is -1.26. The van der Waals surface area contributed by atoms with Crippen LogP contribution in [0.25, 0.3) is 43.7 Å². The minimum Gasteiger partial charge on any atom is -0.490 e. The number of carbonyl (C=O) groups excluding carboxylic acids is 1. The molecule has 7 rings (SSSR count). The monoisotopic (exact) mass is 693 g/mol. The molecule has 0 spiro atoms. The molecule has 50 heavy (non-hydrogen) atoms. The van der Waals surface area contributed by atoms with Crippen LogP contribution < -0.4 is 15.2 Å². The average molecular weight is 694 g/mol. The lowest BCUT2D eigenvalue weighted by atomic mass is 9.93. The van der Waals surface area contributed by atoms with E-state index < -0.39 is 11.6 Å². The molecular formula is C38H33F2N5O4S. The van der Waals surface area contributed by atoms with E-state index in [-0.39, 0.29) is 37.0 Å². The molecule has 2 bridgehead atoms. The van der Waals surface area contributed by atoms with Crippen molar-refractivity contribution >= 4 is 39.2 Å². The van der Waals surface area contributed by atoms with Crippen LogP contribution >= 0.6 is 11.3 Å². The number of nitrogen functional groups attached to an aromatic ring is 1. The van der Waals surface area contributed by atoms with Crippen molar-refractivity contribution in [3.05, 3.63) is 101 Å². The number of rotatable bonds is 3. The molecule has 1 amide bonds. The van der Waals surface area contributed by atoms with Crippen LogP contribution in [0, 0.1) is 11.6 Å². The molecule has 5 aromatic rings. The number of hydrogen-bond donors (Lipinski definition) is 1. The molecule has 254 valence electrons. The number of fused-ring (bicyclic) bond motifs is 5. The highest BCUT2D eigenvalue weighted by Crippen LogP contribution is 2.48. The van der Waals surface area contributed by atoms with Crippen LogP contribution in [-0.4, -0.2) is 67.0 Å². The number of thiophene rings is 1. The number of hydrogen-bond acceptors (Lipinski definition) is 9. The van der Waals surface area contributed by atoms with Crippen LogP contribution in [0.15, 0.2) is 77.8 Å². The van der Waals surface area contributed by atoms with Gasteiger partial charge in [0.15, 0.2) is 0 Å². The first kappa shape index (κ1) is 33.1. The van der Waals surface area contributed by atoms with Crippen molar-refractivity contribution in [2.45, 2.75) is 13.0 Å². The van der Waals surface area contributed by atoms with Gasteiger partial charge in [-0.05, 0) is 41.3 Å². The van der Waals surface area contributed by atoms with Gasteiger partial charge in [0.05, 0.1) is 30.2 Å². The number of carbonyl (C=O) groups is 1. The van der Waals surface area contributed by atoms with Gasteiger partial charge in [-0.2, -0.15) is 0 Å². The Bertz CT molecular complexity index is 2200. The fourth-order valence-electron chi connectivity index (χ4n) is 6.25. The second kappa shape index (κ2) is 14.2. The normalized spacial score (nSPS) is 15.5. The Morgan fingerprint density at radius 1 is 1.06 bits per heavy atom. The van der Waals surface area contributed by atoms with Crippen molar-refractivity contribution in [3.63, 3.8) is 0 Å². The minimum atomic E-state index is -0.807. The zero-order valence-electron chi connectivity index (χ0n) is 27.2. The van der Waals surface area contributed by atoms with Crippen molar-refractivity contribution in [2.75, 3.05) is 45.8 Å². The summed E-state index contributed by atoms with van der Waals surface area (Å²) in [5, 5.41) is 2.62. The lowest BCUT2D eigenvalue weighted by Crippen LogP contribution is -2.35. The van der Waals surface area contributed by atoms with E-state index in [0.717, 1.165) is 17.3 Å². The van der Waals surface area contributed by atoms with Gasteiger partial charge in [-0.1, -0.05) is 12.7 Å². The van der Waals surface area contributed by atoms with E-state index in [0.29, 0.717) is 81.3 Å². The maximum Gasteiger partial charge on any atom is 0.246 e. The zero-order chi connectivity index (χ0) is 34.8. The van der Waals surface area contributed by atoms with Gasteiger partial charge in [0.1, 0.15) is 36.3 Å². The number of aliphatic imine (C=N–C) groups is 1. The van der Waals surface area contributed by atoms with Crippen LogP contribution in [0.4, 0.5) is 14.5 Å². The molecule has 2 aliphatic rings. The highest BCUT2D eigenvalue weighted by molar-refractivity contribution is 7.18. The van der Waals surface area contributed by atoms with Crippen LogP contribution in [0.1, 0.15) is 16.8 Å². The first-order valence-electron chi connectivity index (χ1n) is 16.0. The maximum absolute atomic E-state index is 16.2. The largest absolute Gasteiger partial charge is 0.490 e. The van der Waals surface area contributed by atoms with Crippen molar-refractivity contribution in [1.29, 1.82) is 0 Å². The Labute approximate surface area is 291 Å². The number of halogens is 2. The van der Waals surface area contributed by atoms with E-state index in [1.165, 1.54) is 23.5 Å². The second-order valence-electron chi connectivity index (χ2n) is 11.7. The number of benzene rings is 2. The molecule has 2 N–H and O–H groups in total. The maximum atomic E-state index is 16.2. The van der Waals surface area contributed by atoms with E-state index in [9.17, 15) is 9.18 Å². The van der Waals surface area contributed by atoms with Gasteiger partial charge in [0.25, 0.3) is 0 Å². The predicted octanol–water partition coefficient (Wildman–Crippen LogP) is 7.02. The van der Waals surface area contributed by atoms with Gasteiger partial charge < -0.3 is 24.8 Å². The Balaban J connectivity index is 1.55. The molecule has 0 atom stereocenters. The lowest BCUT2D eigenvalue weighted by molar-refractivity contribution is -0.126. The SMILES string of the molecule is C=CC(=O)N1CCc2ncc(-c3nc4c5ccsc5c3-c3c(F)cc(F)cc3OCCOC/C=C/COc3cc(N)c(C=NC)cc3-4)cc2C1. The van der Waals surface area contributed by atoms with E-state index in [1.807, 2.05) is 35.7 Å². The number of pyridine rings is 2. The van der Waals surface area contributed by atoms with Crippen LogP contribution in [0.2, 0.25) is 0 Å². The van der Waals surface area contributed by atoms with Crippen molar-refractivity contribution in [3.8, 4) is 45.1 Å². The molecule has 2 aliphatic heterocycles. The van der Waals surface area contributed by atoms with Crippen molar-refractivity contribution in [2.24, 2.45) is 4.99 Å². The van der Waals surface area contributed by atoms with Crippen LogP contribution in [-0.2, 0) is 22.5 Å². The Hall–Kier alpha value is -5.46. The molecule has 12 heteroatoms. The molecule has 5 heterocycles. The molecule has 2 aromatic carbocycles. The minimum absolute atomic E-state index is 0.0167. The third-order valence-electron chi connectivity index (χ3n) is 8.59. The number of aromatic nitrogens is 2. The first-order valence-corrected chi connectivity index (χ1v) is 16.9. The molecule has 0 saturated carbocycles. The molecule has 0 fully saturated rings. The number of nitrogens with zero attached hydrogens (tertiary/aromatic N) is 4. The van der Waals surface area contributed by atoms with Gasteiger partial charge in [-0.15, -0.1) is 11.3 Å². The highest BCUT2D eigenvalue weighted by Gasteiger charge is 2.28. The molecule has 0 aliphatic carbocycles. The van der Waals surface area contributed by atoms with E-state index in [1.54, 1.807) is 30.4 Å². The van der Waals surface area contributed by atoms with Gasteiger partial charge in [-0.25, -0.2) is 13.8 Å². The Morgan fingerprint density at radius 2 is 1.92 bits per heavy atom. The summed E-state index contributed by atoms with van der Waals surface area (Å²) in [6.45, 7) is 5.23. The molecule has 0 radical (unpaired) electrons. The van der Waals surface area contributed by atoms with Gasteiger partial charge in [0, 0.05) is 101 Å². The zero-order valence-corrected chi connectivity index (χ0v) is 28.1. The summed E-state index contributed by atoms with van der Waals surface area (Å²) in [4.78, 5) is 28.5. The summed E-state index contributed by atoms with van der Waals surface area (Å²) >= 11 is 1.40. The van der Waals surface area contributed by atoms with E-state index in [2.05, 4.69) is 11.6 Å². The summed E-state index contributed by atoms with van der Waals surface area (Å²) in [5.41, 5.74) is 11.9. The topological polar surface area (TPSA) is 112 Å². The average Bonchev–Trinajstić information content (AvgIpc) is 3.61. The second-order valence-corrected chi connectivity index (χ2v) is 12.6. The molecule has 0 unspecified atom stereocenters. The first-order chi connectivity index (χ1) is 24.4. The van der Waals surface area contributed by atoms with Crippen LogP contribution in [0.5, 0.6) is 11.5 Å². The van der Waals surface area contributed by atoms with Crippen LogP contribution in [0.3, 0.4) is 0 Å². The van der Waals surface area contributed by atoms with E-state index >= 15 is 4.39 Å². The quantitative estimate of drug-likeness (QED) is 0.0936. The Morgan fingerprint density at radius 3 is 2.76 bits per heavy atom. The number of anilines is 1. The number of amides is 1. The standard InChI is InChI=1S/C38H33F2N5O4S/c1-3-33(46)45-8-6-30-24(21-45)14-23(20-43-30)36-35-34-28(40)16-25(39)17-32(34)49-12-11-47-9-4-5-10-48-31-18-29(41)22(19-42-2)15-27(31)37(44-36)26-7-13-50-38(26)35/h3-5,7,13-20H,1,6,8-12,21,41H2,2H3/b5-4+,42-19?. The highest BCUT2D eigenvalue weighted by atomic mass is 32.1. The number of nitrogens with two attached hydrogens (primary N) is 1. The fraction of sp³-hybridized carbons (Fsp3) is 0.211. The molecule has 9 nitrogen and oxygen atoms in total. The van der Waals surface area contributed by atoms with E-state index in [4.69, 9.17) is 29.9 Å². The smallest absolute Gasteiger partial charge is 0.246 e. The molecule has 0 saturated heterocycles. The third kappa shape index (κ3) is 6.35. The number of ether oxygens (including phenoxy) is 3. The molecular weight excluding hydrogens is 661 g/mol. The summed E-state index contributed by atoms with van der Waals surface area (Å²) in [6.07, 6.45) is 8.89. The van der Waals surface area contributed by atoms with Gasteiger partial charge in [-0.3, -0.25) is 14.8 Å². The van der Waals surface area contributed by atoms with Crippen molar-refractivity contribution in [1.82, 2.24) is 14.9 Å². The summed E-state index contributed by atoms with van der Waals surface area (Å²) in [6, 6.07) is 9.48. The third-order valence-corrected chi connectivity index (χ3v) is 9.52. The molecule has 3 aromatic heterocycles. The van der Waals surface area contributed by atoms with Gasteiger partial charge in [0.2, 0.25) is 5.91 Å². The Kier molecular flexibility index (Phi) is 9.38.